The molecular formula is C23H21ClN2O5S. The molecule has 0 aromatic heterocycles. The SMILES string of the molecule is CS(=O)(=O)Cc1ccc(C(=O)NNC(=O)c2ccc(COc3ccc(Cl)cc3)cc2)cc1. The highest BCUT2D eigenvalue weighted by Crippen LogP contribution is 2.17. The molecule has 0 atom stereocenters. The number of rotatable bonds is 7. The van der Waals surface area contributed by atoms with E-state index in [1.807, 2.05) is 0 Å². The van der Waals surface area contributed by atoms with Crippen molar-refractivity contribution >= 4 is 33.3 Å². The largest absolute Gasteiger partial charge is 0.489 e. The van der Waals surface area contributed by atoms with Crippen molar-refractivity contribution in [2.75, 3.05) is 6.26 Å². The topological polar surface area (TPSA) is 102 Å². The Morgan fingerprint density at radius 3 is 1.72 bits per heavy atom. The lowest BCUT2D eigenvalue weighted by molar-refractivity contribution is 0.0846. The van der Waals surface area contributed by atoms with Crippen molar-refractivity contribution < 1.29 is 22.7 Å². The summed E-state index contributed by atoms with van der Waals surface area (Å²) in [5, 5.41) is 0.628. The molecule has 0 aliphatic rings. The van der Waals surface area contributed by atoms with Crippen LogP contribution in [-0.2, 0) is 22.2 Å². The molecule has 2 amide bonds. The minimum absolute atomic E-state index is 0.105. The minimum atomic E-state index is -3.16. The molecule has 166 valence electrons. The number of hydrogen-bond acceptors (Lipinski definition) is 5. The number of halogens is 1. The third-order valence-electron chi connectivity index (χ3n) is 4.37. The highest BCUT2D eigenvalue weighted by Gasteiger charge is 2.11. The highest BCUT2D eigenvalue weighted by molar-refractivity contribution is 7.89. The van der Waals surface area contributed by atoms with Gasteiger partial charge in [0.1, 0.15) is 12.4 Å². The van der Waals surface area contributed by atoms with Crippen LogP contribution >= 0.6 is 11.6 Å². The second-order valence-corrected chi connectivity index (χ2v) is 9.69. The molecule has 0 heterocycles. The molecule has 3 rings (SSSR count). The maximum absolute atomic E-state index is 12.3. The van der Waals surface area contributed by atoms with Crippen LogP contribution in [0.5, 0.6) is 5.75 Å². The van der Waals surface area contributed by atoms with E-state index in [4.69, 9.17) is 16.3 Å². The number of carbonyl (C=O) groups is 2. The van der Waals surface area contributed by atoms with Gasteiger partial charge in [0, 0.05) is 22.4 Å². The summed E-state index contributed by atoms with van der Waals surface area (Å²) in [5.41, 5.74) is 6.79. The number of carbonyl (C=O) groups excluding carboxylic acids is 2. The van der Waals surface area contributed by atoms with Crippen LogP contribution in [0.4, 0.5) is 0 Å². The van der Waals surface area contributed by atoms with Crippen LogP contribution in [0.3, 0.4) is 0 Å². The quantitative estimate of drug-likeness (QED) is 0.512. The molecule has 0 saturated heterocycles. The van der Waals surface area contributed by atoms with Crippen LogP contribution < -0.4 is 15.6 Å². The normalized spacial score (nSPS) is 10.9. The molecule has 3 aromatic rings. The minimum Gasteiger partial charge on any atom is -0.489 e. The van der Waals surface area contributed by atoms with Gasteiger partial charge >= 0.3 is 0 Å². The Morgan fingerprint density at radius 2 is 1.25 bits per heavy atom. The molecule has 2 N–H and O–H groups in total. The summed E-state index contributed by atoms with van der Waals surface area (Å²) in [6.07, 6.45) is 1.14. The molecule has 0 bridgehead atoms. The van der Waals surface area contributed by atoms with Gasteiger partial charge in [0.25, 0.3) is 11.8 Å². The van der Waals surface area contributed by atoms with Crippen LogP contribution in [0.2, 0.25) is 5.02 Å². The van der Waals surface area contributed by atoms with Crippen molar-refractivity contribution in [3.8, 4) is 5.75 Å². The monoisotopic (exact) mass is 472 g/mol. The van der Waals surface area contributed by atoms with Gasteiger partial charge in [-0.15, -0.1) is 0 Å². The summed E-state index contributed by atoms with van der Waals surface area (Å²) in [7, 11) is -3.16. The van der Waals surface area contributed by atoms with Crippen LogP contribution in [0, 0.1) is 0 Å². The molecule has 7 nitrogen and oxygen atoms in total. The van der Waals surface area contributed by atoms with Crippen molar-refractivity contribution in [3.63, 3.8) is 0 Å². The number of nitrogens with one attached hydrogen (secondary N) is 2. The average Bonchev–Trinajstić information content (AvgIpc) is 2.76. The highest BCUT2D eigenvalue weighted by atomic mass is 35.5. The lowest BCUT2D eigenvalue weighted by atomic mass is 10.1. The molecule has 32 heavy (non-hydrogen) atoms. The average molecular weight is 473 g/mol. The number of amides is 2. The number of ether oxygens (including phenoxy) is 1. The first kappa shape index (κ1) is 23.3. The third kappa shape index (κ3) is 7.11. The molecule has 0 radical (unpaired) electrons. The maximum Gasteiger partial charge on any atom is 0.269 e. The molecule has 0 aliphatic carbocycles. The van der Waals surface area contributed by atoms with Crippen LogP contribution in [0.1, 0.15) is 31.8 Å². The van der Waals surface area contributed by atoms with E-state index in [1.54, 1.807) is 60.7 Å². The van der Waals surface area contributed by atoms with Crippen molar-refractivity contribution in [1.29, 1.82) is 0 Å². The van der Waals surface area contributed by atoms with Gasteiger partial charge in [-0.05, 0) is 59.7 Å². The Hall–Kier alpha value is -3.36. The fraction of sp³-hybridized carbons (Fsp3) is 0.130. The summed E-state index contributed by atoms with van der Waals surface area (Å²) in [6.45, 7) is 0.329. The van der Waals surface area contributed by atoms with Gasteiger partial charge in [-0.2, -0.15) is 0 Å². The smallest absolute Gasteiger partial charge is 0.269 e. The zero-order valence-corrected chi connectivity index (χ0v) is 18.7. The summed E-state index contributed by atoms with van der Waals surface area (Å²) in [6, 6.07) is 19.9. The van der Waals surface area contributed by atoms with E-state index in [2.05, 4.69) is 10.9 Å². The summed E-state index contributed by atoms with van der Waals surface area (Å²) < 4.78 is 28.3. The molecule has 9 heteroatoms. The van der Waals surface area contributed by atoms with Crippen LogP contribution in [0.25, 0.3) is 0 Å². The van der Waals surface area contributed by atoms with Crippen LogP contribution in [0.15, 0.2) is 72.8 Å². The van der Waals surface area contributed by atoms with Crippen molar-refractivity contribution in [3.05, 3.63) is 100 Å². The zero-order valence-electron chi connectivity index (χ0n) is 17.2. The van der Waals surface area contributed by atoms with Crippen molar-refractivity contribution in [1.82, 2.24) is 10.9 Å². The number of sulfone groups is 1. The van der Waals surface area contributed by atoms with Gasteiger partial charge in [-0.3, -0.25) is 20.4 Å². The fourth-order valence-corrected chi connectivity index (χ4v) is 3.69. The second-order valence-electron chi connectivity index (χ2n) is 7.11. The van der Waals surface area contributed by atoms with Gasteiger partial charge in [-0.25, -0.2) is 8.42 Å². The summed E-state index contributed by atoms with van der Waals surface area (Å²) >= 11 is 5.84. The van der Waals surface area contributed by atoms with Gasteiger partial charge in [0.05, 0.1) is 5.75 Å². The Balaban J connectivity index is 1.49. The first-order valence-electron chi connectivity index (χ1n) is 9.54. The van der Waals surface area contributed by atoms with E-state index in [1.165, 1.54) is 12.1 Å². The summed E-state index contributed by atoms with van der Waals surface area (Å²) in [5.74, 6) is -0.412. The number of benzene rings is 3. The maximum atomic E-state index is 12.3. The Morgan fingerprint density at radius 1 is 0.781 bits per heavy atom. The molecular weight excluding hydrogens is 452 g/mol. The van der Waals surface area contributed by atoms with E-state index in [-0.39, 0.29) is 11.3 Å². The molecule has 0 unspecified atom stereocenters. The Bertz CT molecular complexity index is 1190. The van der Waals surface area contributed by atoms with E-state index in [0.29, 0.717) is 28.5 Å². The fourth-order valence-electron chi connectivity index (χ4n) is 2.76. The van der Waals surface area contributed by atoms with Gasteiger partial charge in [0.15, 0.2) is 9.84 Å². The van der Waals surface area contributed by atoms with Gasteiger partial charge in [-0.1, -0.05) is 35.9 Å². The standard InChI is InChI=1S/C23H21ClN2O5S/c1-32(29,30)15-17-4-8-19(9-5-17)23(28)26-25-22(27)18-6-2-16(3-7-18)14-31-21-12-10-20(24)11-13-21/h2-13H,14-15H2,1H3,(H,25,27)(H,26,28). The third-order valence-corrected chi connectivity index (χ3v) is 5.48. The molecule has 0 spiro atoms. The van der Waals surface area contributed by atoms with E-state index in [0.717, 1.165) is 11.8 Å². The van der Waals surface area contributed by atoms with E-state index < -0.39 is 21.7 Å². The lowest BCUT2D eigenvalue weighted by Gasteiger charge is -2.09. The first-order chi connectivity index (χ1) is 15.2. The number of hydrazine groups is 1. The second kappa shape index (κ2) is 10.3. The van der Waals surface area contributed by atoms with E-state index >= 15 is 0 Å². The molecule has 0 saturated carbocycles. The zero-order chi connectivity index (χ0) is 23.1. The molecule has 0 aliphatic heterocycles. The van der Waals surface area contributed by atoms with Gasteiger partial charge in [0.2, 0.25) is 0 Å². The first-order valence-corrected chi connectivity index (χ1v) is 12.0. The van der Waals surface area contributed by atoms with Crippen LogP contribution in [-0.4, -0.2) is 26.5 Å². The van der Waals surface area contributed by atoms with Crippen molar-refractivity contribution in [2.24, 2.45) is 0 Å². The predicted octanol–water partition coefficient (Wildman–Crippen LogP) is 3.54. The van der Waals surface area contributed by atoms with Crippen molar-refractivity contribution in [2.45, 2.75) is 12.4 Å². The summed E-state index contributed by atoms with van der Waals surface area (Å²) in [4.78, 5) is 24.5. The predicted molar refractivity (Wildman–Crippen MR) is 122 cm³/mol. The lowest BCUT2D eigenvalue weighted by Crippen LogP contribution is -2.41. The Kier molecular flexibility index (Phi) is 7.50. The molecule has 3 aromatic carbocycles. The molecule has 0 fully saturated rings. The van der Waals surface area contributed by atoms with E-state index in [9.17, 15) is 18.0 Å². The van der Waals surface area contributed by atoms with Gasteiger partial charge < -0.3 is 4.74 Å². The number of hydrogen-bond donors (Lipinski definition) is 2. The Labute approximate surface area is 191 Å².